The number of methoxy groups -OCH3 is 2. The molecule has 0 aromatic heterocycles. The van der Waals surface area contributed by atoms with Crippen molar-refractivity contribution in [2.24, 2.45) is 0 Å². The Kier molecular flexibility index (Phi) is 3.37. The van der Waals surface area contributed by atoms with Gasteiger partial charge in [0.05, 0.1) is 30.3 Å². The highest BCUT2D eigenvalue weighted by atomic mass is 79.9. The summed E-state index contributed by atoms with van der Waals surface area (Å²) < 4.78 is 11.0. The summed E-state index contributed by atoms with van der Waals surface area (Å²) in [6.07, 6.45) is 0. The van der Waals surface area contributed by atoms with Crippen molar-refractivity contribution in [1.82, 2.24) is 0 Å². The highest BCUT2D eigenvalue weighted by molar-refractivity contribution is 9.10. The fourth-order valence-electron chi connectivity index (χ4n) is 1.16. The predicted octanol–water partition coefficient (Wildman–Crippen LogP) is 2.65. The van der Waals surface area contributed by atoms with Crippen molar-refractivity contribution in [2.45, 2.75) is 6.92 Å². The fourth-order valence-corrected chi connectivity index (χ4v) is 1.73. The molecule has 0 saturated heterocycles. The maximum absolute atomic E-state index is 8.86. The van der Waals surface area contributed by atoms with Crippen LogP contribution in [0, 0.1) is 18.3 Å². The average Bonchev–Trinajstić information content (AvgIpc) is 2.21. The molecule has 0 unspecified atom stereocenters. The maximum atomic E-state index is 8.86. The first-order chi connectivity index (χ1) is 6.65. The highest BCUT2D eigenvalue weighted by Crippen LogP contribution is 2.38. The van der Waals surface area contributed by atoms with Crippen molar-refractivity contribution in [3.8, 4) is 17.6 Å². The molecule has 14 heavy (non-hydrogen) atoms. The molecular formula is C10H10BrNO2. The third kappa shape index (κ3) is 1.68. The van der Waals surface area contributed by atoms with Crippen molar-refractivity contribution in [3.63, 3.8) is 0 Å². The second kappa shape index (κ2) is 4.34. The zero-order valence-corrected chi connectivity index (χ0v) is 9.81. The van der Waals surface area contributed by atoms with E-state index in [1.807, 2.05) is 6.92 Å². The van der Waals surface area contributed by atoms with E-state index < -0.39 is 0 Å². The lowest BCUT2D eigenvalue weighted by molar-refractivity contribution is 0.352. The molecule has 0 aliphatic heterocycles. The lowest BCUT2D eigenvalue weighted by Crippen LogP contribution is -1.95. The standard InChI is InChI=1S/C10H10BrNO2/c1-6-7(5-12)4-8(13-2)10(14-3)9(6)11/h4H,1-3H3. The van der Waals surface area contributed by atoms with Gasteiger partial charge in [0.2, 0.25) is 0 Å². The van der Waals surface area contributed by atoms with Crippen LogP contribution in [0.1, 0.15) is 11.1 Å². The Morgan fingerprint density at radius 3 is 2.43 bits per heavy atom. The Morgan fingerprint density at radius 1 is 1.36 bits per heavy atom. The molecule has 0 aliphatic carbocycles. The molecular weight excluding hydrogens is 246 g/mol. The number of nitrogens with zero attached hydrogens (tertiary/aromatic N) is 1. The van der Waals surface area contributed by atoms with Crippen LogP contribution in [0.15, 0.2) is 10.5 Å². The molecule has 0 amide bonds. The van der Waals surface area contributed by atoms with Gasteiger partial charge in [-0.05, 0) is 28.4 Å². The van der Waals surface area contributed by atoms with Gasteiger partial charge in [0, 0.05) is 6.07 Å². The van der Waals surface area contributed by atoms with E-state index in [1.54, 1.807) is 20.3 Å². The van der Waals surface area contributed by atoms with Gasteiger partial charge in [0.1, 0.15) is 0 Å². The van der Waals surface area contributed by atoms with E-state index >= 15 is 0 Å². The van der Waals surface area contributed by atoms with Gasteiger partial charge in [-0.2, -0.15) is 5.26 Å². The van der Waals surface area contributed by atoms with Crippen LogP contribution in [0.3, 0.4) is 0 Å². The zero-order valence-electron chi connectivity index (χ0n) is 8.22. The summed E-state index contributed by atoms with van der Waals surface area (Å²) in [4.78, 5) is 0. The Morgan fingerprint density at radius 2 is 2.00 bits per heavy atom. The molecule has 0 radical (unpaired) electrons. The van der Waals surface area contributed by atoms with Crippen LogP contribution in [-0.4, -0.2) is 14.2 Å². The molecule has 0 heterocycles. The number of nitriles is 1. The van der Waals surface area contributed by atoms with Gasteiger partial charge in [-0.3, -0.25) is 0 Å². The van der Waals surface area contributed by atoms with Gasteiger partial charge >= 0.3 is 0 Å². The van der Waals surface area contributed by atoms with Crippen molar-refractivity contribution in [1.29, 1.82) is 5.26 Å². The molecule has 74 valence electrons. The van der Waals surface area contributed by atoms with Gasteiger partial charge < -0.3 is 9.47 Å². The second-order valence-electron chi connectivity index (χ2n) is 2.71. The van der Waals surface area contributed by atoms with E-state index in [-0.39, 0.29) is 0 Å². The fraction of sp³-hybridized carbons (Fsp3) is 0.300. The van der Waals surface area contributed by atoms with Crippen molar-refractivity contribution in [3.05, 3.63) is 21.7 Å². The molecule has 0 bridgehead atoms. The minimum Gasteiger partial charge on any atom is -0.493 e. The largest absolute Gasteiger partial charge is 0.493 e. The normalized spacial score (nSPS) is 9.36. The number of hydrogen-bond acceptors (Lipinski definition) is 3. The molecule has 0 saturated carbocycles. The summed E-state index contributed by atoms with van der Waals surface area (Å²) >= 11 is 3.37. The van der Waals surface area contributed by atoms with Crippen LogP contribution >= 0.6 is 15.9 Å². The maximum Gasteiger partial charge on any atom is 0.175 e. The summed E-state index contributed by atoms with van der Waals surface area (Å²) in [6, 6.07) is 3.76. The smallest absolute Gasteiger partial charge is 0.175 e. The molecule has 0 aliphatic rings. The average molecular weight is 256 g/mol. The van der Waals surface area contributed by atoms with E-state index in [0.717, 1.165) is 10.0 Å². The number of hydrogen-bond donors (Lipinski definition) is 0. The molecule has 0 N–H and O–H groups in total. The monoisotopic (exact) mass is 255 g/mol. The lowest BCUT2D eigenvalue weighted by atomic mass is 10.1. The van der Waals surface area contributed by atoms with Crippen LogP contribution in [0.5, 0.6) is 11.5 Å². The van der Waals surface area contributed by atoms with E-state index in [0.29, 0.717) is 17.1 Å². The van der Waals surface area contributed by atoms with E-state index in [4.69, 9.17) is 14.7 Å². The van der Waals surface area contributed by atoms with Crippen LogP contribution in [0.25, 0.3) is 0 Å². The highest BCUT2D eigenvalue weighted by Gasteiger charge is 2.14. The molecule has 1 aromatic rings. The van der Waals surface area contributed by atoms with E-state index in [9.17, 15) is 0 Å². The summed E-state index contributed by atoms with van der Waals surface area (Å²) in [5.74, 6) is 1.17. The number of ether oxygens (including phenoxy) is 2. The Bertz CT molecular complexity index is 396. The third-order valence-electron chi connectivity index (χ3n) is 1.98. The predicted molar refractivity (Wildman–Crippen MR) is 56.7 cm³/mol. The van der Waals surface area contributed by atoms with Crippen molar-refractivity contribution >= 4 is 15.9 Å². The van der Waals surface area contributed by atoms with Crippen molar-refractivity contribution < 1.29 is 9.47 Å². The molecule has 0 spiro atoms. The third-order valence-corrected chi connectivity index (χ3v) is 2.93. The van der Waals surface area contributed by atoms with Gasteiger partial charge in [-0.1, -0.05) is 0 Å². The first kappa shape index (κ1) is 10.9. The van der Waals surface area contributed by atoms with Gasteiger partial charge in [0.25, 0.3) is 0 Å². The topological polar surface area (TPSA) is 42.2 Å². The summed E-state index contributed by atoms with van der Waals surface area (Å²) in [5, 5.41) is 8.86. The van der Waals surface area contributed by atoms with E-state index in [2.05, 4.69) is 22.0 Å². The van der Waals surface area contributed by atoms with Crippen LogP contribution < -0.4 is 9.47 Å². The first-order valence-corrected chi connectivity index (χ1v) is 4.76. The summed E-state index contributed by atoms with van der Waals surface area (Å²) in [7, 11) is 3.11. The molecule has 1 aromatic carbocycles. The van der Waals surface area contributed by atoms with E-state index in [1.165, 1.54) is 0 Å². The minimum atomic E-state index is 0.557. The van der Waals surface area contributed by atoms with Crippen LogP contribution in [0.2, 0.25) is 0 Å². The Hall–Kier alpha value is -1.21. The lowest BCUT2D eigenvalue weighted by Gasteiger charge is -2.12. The SMILES string of the molecule is COc1cc(C#N)c(C)c(Br)c1OC. The molecule has 3 nitrogen and oxygen atoms in total. The summed E-state index contributed by atoms with van der Waals surface area (Å²) in [6.45, 7) is 1.85. The van der Waals surface area contributed by atoms with Gasteiger partial charge in [0.15, 0.2) is 11.5 Å². The molecule has 0 atom stereocenters. The van der Waals surface area contributed by atoms with Crippen molar-refractivity contribution in [2.75, 3.05) is 14.2 Å². The Labute approximate surface area is 91.4 Å². The summed E-state index contributed by atoms with van der Waals surface area (Å²) in [5.41, 5.74) is 1.43. The quantitative estimate of drug-likeness (QED) is 0.816. The number of rotatable bonds is 2. The van der Waals surface area contributed by atoms with Gasteiger partial charge in [-0.15, -0.1) is 0 Å². The van der Waals surface area contributed by atoms with Crippen LogP contribution in [0.4, 0.5) is 0 Å². The zero-order chi connectivity index (χ0) is 10.7. The van der Waals surface area contributed by atoms with Crippen LogP contribution in [-0.2, 0) is 0 Å². The first-order valence-electron chi connectivity index (χ1n) is 3.96. The minimum absolute atomic E-state index is 0.557. The molecule has 4 heteroatoms. The van der Waals surface area contributed by atoms with Gasteiger partial charge in [-0.25, -0.2) is 0 Å². The molecule has 0 fully saturated rings. The second-order valence-corrected chi connectivity index (χ2v) is 3.50. The number of benzene rings is 1. The molecule has 1 rings (SSSR count). The number of halogens is 1. The Balaban J connectivity index is 3.48.